The zero-order valence-corrected chi connectivity index (χ0v) is 19.6. The molecule has 4 rings (SSSR count). The van der Waals surface area contributed by atoms with Gasteiger partial charge in [0.2, 0.25) is 0 Å². The van der Waals surface area contributed by atoms with Gasteiger partial charge in [-0.05, 0) is 61.1 Å². The van der Waals surface area contributed by atoms with Crippen LogP contribution in [0.25, 0.3) is 6.08 Å². The number of thioether (sulfide) groups is 1. The molecule has 0 spiro atoms. The first-order chi connectivity index (χ1) is 15.5. The predicted octanol–water partition coefficient (Wildman–Crippen LogP) is 4.33. The number of benzene rings is 1. The van der Waals surface area contributed by atoms with Gasteiger partial charge in [-0.25, -0.2) is 4.99 Å². The van der Waals surface area contributed by atoms with Gasteiger partial charge in [-0.2, -0.15) is 0 Å². The second-order valence-corrected chi connectivity index (χ2v) is 10.3. The third kappa shape index (κ3) is 5.87. The van der Waals surface area contributed by atoms with Crippen molar-refractivity contribution in [3.05, 3.63) is 64.6 Å². The molecule has 1 aliphatic carbocycles. The van der Waals surface area contributed by atoms with Crippen LogP contribution >= 0.6 is 11.8 Å². The number of amides is 2. The Morgan fingerprint density at radius 2 is 1.94 bits per heavy atom. The molecule has 5 nitrogen and oxygen atoms in total. The summed E-state index contributed by atoms with van der Waals surface area (Å²) in [7, 11) is 0. The van der Waals surface area contributed by atoms with Crippen LogP contribution in [0.3, 0.4) is 0 Å². The third-order valence-electron chi connectivity index (χ3n) is 6.00. The molecule has 32 heavy (non-hydrogen) atoms. The van der Waals surface area contributed by atoms with Gasteiger partial charge in [-0.3, -0.25) is 9.59 Å². The molecule has 1 aromatic rings. The van der Waals surface area contributed by atoms with E-state index in [0.717, 1.165) is 49.2 Å². The fourth-order valence-electron chi connectivity index (χ4n) is 4.63. The monoisotopic (exact) mass is 449 g/mol. The summed E-state index contributed by atoms with van der Waals surface area (Å²) >= 11 is 1.51. The number of fused-ring (bicyclic) bond motifs is 1. The summed E-state index contributed by atoms with van der Waals surface area (Å²) in [5, 5.41) is 3.12. The number of piperidine rings is 1. The number of nitrogens with zero attached hydrogens (tertiary/aromatic N) is 2. The maximum Gasteiger partial charge on any atom is 0.283 e. The first-order valence-corrected chi connectivity index (χ1v) is 12.3. The van der Waals surface area contributed by atoms with Gasteiger partial charge in [-0.15, -0.1) is 11.8 Å². The molecule has 168 valence electrons. The second kappa shape index (κ2) is 10.5. The van der Waals surface area contributed by atoms with Crippen molar-refractivity contribution >= 4 is 35.4 Å². The Morgan fingerprint density at radius 1 is 1.19 bits per heavy atom. The minimum atomic E-state index is -0.208. The quantitative estimate of drug-likeness (QED) is 0.519. The molecule has 3 unspecified atom stereocenters. The molecule has 0 saturated carbocycles. The van der Waals surface area contributed by atoms with Crippen LogP contribution in [0.15, 0.2) is 58.5 Å². The van der Waals surface area contributed by atoms with E-state index < -0.39 is 0 Å². The van der Waals surface area contributed by atoms with Crippen molar-refractivity contribution in [1.82, 2.24) is 10.2 Å². The fraction of sp³-hybridized carbons (Fsp3) is 0.423. The molecule has 3 aliphatic rings. The summed E-state index contributed by atoms with van der Waals surface area (Å²) in [6, 6.07) is 7.38. The first-order valence-electron chi connectivity index (χ1n) is 11.4. The average Bonchev–Trinajstić information content (AvgIpc) is 2.77. The molecule has 2 amide bonds. The largest absolute Gasteiger partial charge is 0.352 e. The van der Waals surface area contributed by atoms with Gasteiger partial charge < -0.3 is 10.2 Å². The Balaban J connectivity index is 1.27. The van der Waals surface area contributed by atoms with Crippen LogP contribution in [0.5, 0.6) is 0 Å². The highest BCUT2D eigenvalue weighted by molar-refractivity contribution is 8.05. The maximum absolute atomic E-state index is 12.5. The van der Waals surface area contributed by atoms with Gasteiger partial charge in [0, 0.05) is 25.2 Å². The summed E-state index contributed by atoms with van der Waals surface area (Å²) in [5.74, 6) is 1.25. The van der Waals surface area contributed by atoms with Gasteiger partial charge >= 0.3 is 0 Å². The summed E-state index contributed by atoms with van der Waals surface area (Å²) in [5.41, 5.74) is 2.33. The summed E-state index contributed by atoms with van der Waals surface area (Å²) in [6.45, 7) is 8.68. The van der Waals surface area contributed by atoms with Crippen molar-refractivity contribution in [2.45, 2.75) is 31.9 Å². The van der Waals surface area contributed by atoms with Crippen molar-refractivity contribution in [3.8, 4) is 0 Å². The van der Waals surface area contributed by atoms with Crippen LogP contribution in [-0.2, 0) is 4.79 Å². The topological polar surface area (TPSA) is 61.8 Å². The summed E-state index contributed by atoms with van der Waals surface area (Å²) in [6.07, 6.45) is 11.9. The van der Waals surface area contributed by atoms with Crippen molar-refractivity contribution in [3.63, 3.8) is 0 Å². The van der Waals surface area contributed by atoms with E-state index in [4.69, 9.17) is 0 Å². The zero-order valence-electron chi connectivity index (χ0n) is 18.8. The fourth-order valence-corrected chi connectivity index (χ4v) is 5.68. The first kappa shape index (κ1) is 22.7. The third-order valence-corrected chi connectivity index (χ3v) is 7.20. The molecule has 0 bridgehead atoms. The summed E-state index contributed by atoms with van der Waals surface area (Å²) in [4.78, 5) is 32.1. The number of hydrogen-bond donors (Lipinski definition) is 1. The average molecular weight is 450 g/mol. The lowest BCUT2D eigenvalue weighted by molar-refractivity contribution is -0.113. The van der Waals surface area contributed by atoms with Gasteiger partial charge in [0.15, 0.2) is 0 Å². The number of likely N-dealkylation sites (tertiary alicyclic amines) is 1. The number of allylic oxidation sites excluding steroid dienone is 3. The van der Waals surface area contributed by atoms with Crippen LogP contribution < -0.4 is 5.32 Å². The predicted molar refractivity (Wildman–Crippen MR) is 133 cm³/mol. The molecule has 2 aliphatic heterocycles. The number of aliphatic imine (C=N–C) groups is 1. The molecule has 0 radical (unpaired) electrons. The highest BCUT2D eigenvalue weighted by Crippen LogP contribution is 2.32. The van der Waals surface area contributed by atoms with E-state index in [1.54, 1.807) is 0 Å². The second-order valence-electron chi connectivity index (χ2n) is 9.07. The Morgan fingerprint density at radius 3 is 2.69 bits per heavy atom. The van der Waals surface area contributed by atoms with E-state index in [2.05, 4.69) is 29.1 Å². The van der Waals surface area contributed by atoms with Gasteiger partial charge in [0.25, 0.3) is 11.8 Å². The van der Waals surface area contributed by atoms with Crippen LogP contribution in [0.2, 0.25) is 0 Å². The van der Waals surface area contributed by atoms with Crippen LogP contribution in [0, 0.1) is 11.8 Å². The van der Waals surface area contributed by atoms with E-state index in [1.807, 2.05) is 54.6 Å². The molecule has 1 fully saturated rings. The normalized spacial score (nSPS) is 26.7. The maximum atomic E-state index is 12.5. The van der Waals surface area contributed by atoms with E-state index >= 15 is 0 Å². The molecule has 3 atom stereocenters. The van der Waals surface area contributed by atoms with Crippen LogP contribution in [-0.4, -0.2) is 53.9 Å². The molecule has 1 N–H and O–H groups in total. The molecule has 0 aromatic heterocycles. The van der Waals surface area contributed by atoms with E-state index in [-0.39, 0.29) is 17.1 Å². The highest BCUT2D eigenvalue weighted by atomic mass is 32.2. The van der Waals surface area contributed by atoms with Gasteiger partial charge in [0.05, 0.1) is 15.9 Å². The van der Waals surface area contributed by atoms with Crippen molar-refractivity contribution < 1.29 is 9.59 Å². The number of carbonyl (C=O) groups excluding carboxylic acids is 2. The lowest BCUT2D eigenvalue weighted by atomic mass is 9.92. The molecule has 1 saturated heterocycles. The van der Waals surface area contributed by atoms with E-state index in [0.29, 0.717) is 17.0 Å². The van der Waals surface area contributed by atoms with Gasteiger partial charge in [-0.1, -0.05) is 44.2 Å². The number of nitrogens with one attached hydrogen (secondary N) is 1. The minimum Gasteiger partial charge on any atom is -0.352 e. The Kier molecular flexibility index (Phi) is 7.43. The molecule has 1 aromatic carbocycles. The Labute approximate surface area is 194 Å². The van der Waals surface area contributed by atoms with E-state index in [1.165, 1.54) is 18.2 Å². The van der Waals surface area contributed by atoms with Crippen LogP contribution in [0.4, 0.5) is 0 Å². The number of carbonyl (C=O) groups is 2. The standard InChI is InChI=1S/C26H31N3O2S/c1-18-14-19(2)17-29(16-18)13-5-12-27-25(30)21-10-8-20(9-11-21)15-24-26(31)28-22-6-3-4-7-23(22)32-24/h3-4,6-11,15,18-19,23H,5,12-14,16-17H2,1-2H3,(H,27,30)/b24-15+. The SMILES string of the molecule is CC1CC(C)CN(CCCNC(=O)c2ccc(/C=C3/SC4C=CC=CC4=NC3=O)cc2)C1. The zero-order chi connectivity index (χ0) is 22.5. The molecular weight excluding hydrogens is 418 g/mol. The Hall–Kier alpha value is -2.44. The lowest BCUT2D eigenvalue weighted by Gasteiger charge is -2.34. The summed E-state index contributed by atoms with van der Waals surface area (Å²) < 4.78 is 0. The molecule has 2 heterocycles. The molecule has 6 heteroatoms. The number of hydrogen-bond acceptors (Lipinski definition) is 4. The van der Waals surface area contributed by atoms with Gasteiger partial charge in [0.1, 0.15) is 0 Å². The Bertz CT molecular complexity index is 967. The van der Waals surface area contributed by atoms with Crippen molar-refractivity contribution in [1.29, 1.82) is 0 Å². The van der Waals surface area contributed by atoms with Crippen molar-refractivity contribution in [2.24, 2.45) is 16.8 Å². The van der Waals surface area contributed by atoms with E-state index in [9.17, 15) is 9.59 Å². The molecular formula is C26H31N3O2S. The minimum absolute atomic E-state index is 0.0546. The lowest BCUT2D eigenvalue weighted by Crippen LogP contribution is -2.40. The number of rotatable bonds is 6. The van der Waals surface area contributed by atoms with Crippen LogP contribution in [0.1, 0.15) is 42.6 Å². The highest BCUT2D eigenvalue weighted by Gasteiger charge is 2.25. The smallest absolute Gasteiger partial charge is 0.283 e. The van der Waals surface area contributed by atoms with Crippen molar-refractivity contribution in [2.75, 3.05) is 26.2 Å².